The summed E-state index contributed by atoms with van der Waals surface area (Å²) in [7, 11) is 0. The molecule has 0 radical (unpaired) electrons. The van der Waals surface area contributed by atoms with Crippen LogP contribution in [-0.2, 0) is 0 Å². The smallest absolute Gasteiger partial charge is 0.195 e. The average molecular weight is 370 g/mol. The van der Waals surface area contributed by atoms with Crippen molar-refractivity contribution in [2.75, 3.05) is 0 Å². The molecule has 4 aromatic carbocycles. The lowest BCUT2D eigenvalue weighted by molar-refractivity contribution is 0.476. The van der Waals surface area contributed by atoms with Crippen LogP contribution in [0, 0.1) is 0 Å². The standard InChI is InChI=1S/C23H14O3S/c24-16-7-5-15-12-17(8-6-14(15)11-16)26-18-9-10-20-22(13-18)27-21-4-2-1-3-19(21)23(20)25/h1-13,24H. The fraction of sp³-hybridized carbons (Fsp3) is 0. The van der Waals surface area contributed by atoms with Gasteiger partial charge in [-0.3, -0.25) is 4.79 Å². The van der Waals surface area contributed by atoms with E-state index in [4.69, 9.17) is 4.74 Å². The maximum atomic E-state index is 12.7. The van der Waals surface area contributed by atoms with Gasteiger partial charge in [-0.05, 0) is 65.4 Å². The van der Waals surface area contributed by atoms with Gasteiger partial charge in [0, 0.05) is 20.2 Å². The normalized spacial score (nSPS) is 11.3. The van der Waals surface area contributed by atoms with E-state index in [0.717, 1.165) is 25.6 Å². The van der Waals surface area contributed by atoms with Crippen molar-refractivity contribution in [2.24, 2.45) is 0 Å². The van der Waals surface area contributed by atoms with Crippen LogP contribution >= 0.6 is 11.3 Å². The van der Waals surface area contributed by atoms with Crippen LogP contribution in [0.3, 0.4) is 0 Å². The monoisotopic (exact) mass is 370 g/mol. The Morgan fingerprint density at radius 2 is 1.41 bits per heavy atom. The largest absolute Gasteiger partial charge is 0.508 e. The van der Waals surface area contributed by atoms with Crippen LogP contribution in [-0.4, -0.2) is 5.11 Å². The predicted octanol–water partition coefficient (Wildman–Crippen LogP) is 6.07. The highest BCUT2D eigenvalue weighted by molar-refractivity contribution is 7.24. The Hall–Kier alpha value is -3.37. The van der Waals surface area contributed by atoms with Crippen LogP contribution < -0.4 is 10.2 Å². The molecule has 0 saturated carbocycles. The van der Waals surface area contributed by atoms with Crippen molar-refractivity contribution in [3.8, 4) is 17.2 Å². The molecule has 0 bridgehead atoms. The molecule has 0 atom stereocenters. The van der Waals surface area contributed by atoms with Crippen molar-refractivity contribution in [1.82, 2.24) is 0 Å². The SMILES string of the molecule is O=c1c2ccccc2sc2cc(Oc3ccc4cc(O)ccc4c3)ccc12. The molecule has 4 heteroatoms. The summed E-state index contributed by atoms with van der Waals surface area (Å²) in [6, 6.07) is 24.2. The number of rotatable bonds is 2. The number of phenolic OH excluding ortho intramolecular Hbond substituents is 1. The summed E-state index contributed by atoms with van der Waals surface area (Å²) in [5, 5.41) is 13.0. The van der Waals surface area contributed by atoms with Crippen molar-refractivity contribution in [2.45, 2.75) is 0 Å². The molecule has 1 N–H and O–H groups in total. The van der Waals surface area contributed by atoms with Crippen LogP contribution in [0.25, 0.3) is 30.9 Å². The van der Waals surface area contributed by atoms with Crippen LogP contribution in [0.1, 0.15) is 0 Å². The Bertz CT molecular complexity index is 1390. The lowest BCUT2D eigenvalue weighted by Gasteiger charge is -2.08. The van der Waals surface area contributed by atoms with E-state index in [1.54, 1.807) is 23.5 Å². The van der Waals surface area contributed by atoms with Crippen molar-refractivity contribution in [3.63, 3.8) is 0 Å². The molecule has 0 aliphatic carbocycles. The predicted molar refractivity (Wildman–Crippen MR) is 111 cm³/mol. The van der Waals surface area contributed by atoms with Gasteiger partial charge in [0.15, 0.2) is 5.43 Å². The zero-order chi connectivity index (χ0) is 18.4. The maximum absolute atomic E-state index is 12.7. The van der Waals surface area contributed by atoms with Crippen molar-refractivity contribution >= 4 is 42.3 Å². The highest BCUT2D eigenvalue weighted by Crippen LogP contribution is 2.31. The van der Waals surface area contributed by atoms with Gasteiger partial charge in [-0.1, -0.05) is 24.3 Å². The zero-order valence-electron chi connectivity index (χ0n) is 14.2. The molecule has 0 saturated heterocycles. The van der Waals surface area contributed by atoms with E-state index >= 15 is 0 Å². The van der Waals surface area contributed by atoms with Crippen LogP contribution in [0.2, 0.25) is 0 Å². The van der Waals surface area contributed by atoms with Crippen molar-refractivity contribution in [1.29, 1.82) is 0 Å². The third-order valence-electron chi connectivity index (χ3n) is 4.58. The first kappa shape index (κ1) is 15.9. The molecule has 0 unspecified atom stereocenters. The number of benzene rings is 4. The summed E-state index contributed by atoms with van der Waals surface area (Å²) in [4.78, 5) is 12.7. The lowest BCUT2D eigenvalue weighted by atomic mass is 10.1. The minimum Gasteiger partial charge on any atom is -0.508 e. The molecule has 3 nitrogen and oxygen atoms in total. The molecule has 0 fully saturated rings. The zero-order valence-corrected chi connectivity index (χ0v) is 15.0. The van der Waals surface area contributed by atoms with Gasteiger partial charge in [-0.2, -0.15) is 0 Å². The van der Waals surface area contributed by atoms with Crippen LogP contribution in [0.5, 0.6) is 17.2 Å². The average Bonchev–Trinajstić information content (AvgIpc) is 2.68. The van der Waals surface area contributed by atoms with Gasteiger partial charge in [0.2, 0.25) is 0 Å². The van der Waals surface area contributed by atoms with E-state index in [1.807, 2.05) is 66.7 Å². The van der Waals surface area contributed by atoms with Crippen LogP contribution in [0.4, 0.5) is 0 Å². The molecule has 0 spiro atoms. The van der Waals surface area contributed by atoms with E-state index < -0.39 is 0 Å². The molecule has 130 valence electrons. The Morgan fingerprint density at radius 1 is 0.704 bits per heavy atom. The molecular weight excluding hydrogens is 356 g/mol. The van der Waals surface area contributed by atoms with E-state index in [2.05, 4.69) is 0 Å². The quantitative estimate of drug-likeness (QED) is 0.384. The summed E-state index contributed by atoms with van der Waals surface area (Å²) in [6.45, 7) is 0. The molecule has 0 amide bonds. The highest BCUT2D eigenvalue weighted by Gasteiger charge is 2.08. The first-order chi connectivity index (χ1) is 13.2. The summed E-state index contributed by atoms with van der Waals surface area (Å²) in [5.74, 6) is 1.64. The van der Waals surface area contributed by atoms with Crippen LogP contribution in [0.15, 0.2) is 83.7 Å². The first-order valence-corrected chi connectivity index (χ1v) is 9.35. The Labute approximate surface area is 158 Å². The van der Waals surface area contributed by atoms with E-state index in [0.29, 0.717) is 16.9 Å². The number of fused-ring (bicyclic) bond motifs is 3. The van der Waals surface area contributed by atoms with Crippen molar-refractivity contribution in [3.05, 3.63) is 89.1 Å². The lowest BCUT2D eigenvalue weighted by Crippen LogP contribution is -2.00. The Kier molecular flexibility index (Phi) is 3.59. The fourth-order valence-electron chi connectivity index (χ4n) is 3.26. The van der Waals surface area contributed by atoms with Gasteiger partial charge in [-0.15, -0.1) is 11.3 Å². The third-order valence-corrected chi connectivity index (χ3v) is 5.71. The molecule has 1 aromatic heterocycles. The molecule has 5 rings (SSSR count). The Morgan fingerprint density at radius 3 is 2.33 bits per heavy atom. The summed E-state index contributed by atoms with van der Waals surface area (Å²) in [6.07, 6.45) is 0. The van der Waals surface area contributed by atoms with Gasteiger partial charge in [0.25, 0.3) is 0 Å². The number of ether oxygens (including phenoxy) is 1. The second-order valence-electron chi connectivity index (χ2n) is 6.38. The van der Waals surface area contributed by atoms with Gasteiger partial charge in [0.05, 0.1) is 0 Å². The number of hydrogen-bond acceptors (Lipinski definition) is 4. The molecule has 0 aliphatic heterocycles. The molecular formula is C23H14O3S. The first-order valence-electron chi connectivity index (χ1n) is 8.54. The minimum atomic E-state index is 0.0522. The van der Waals surface area contributed by atoms with Gasteiger partial charge >= 0.3 is 0 Å². The van der Waals surface area contributed by atoms with E-state index in [9.17, 15) is 9.90 Å². The molecule has 1 heterocycles. The fourth-order valence-corrected chi connectivity index (χ4v) is 4.36. The number of hydrogen-bond donors (Lipinski definition) is 1. The maximum Gasteiger partial charge on any atom is 0.195 e. The summed E-state index contributed by atoms with van der Waals surface area (Å²) in [5.41, 5.74) is 0.0522. The topological polar surface area (TPSA) is 46.5 Å². The van der Waals surface area contributed by atoms with Gasteiger partial charge in [0.1, 0.15) is 17.2 Å². The summed E-state index contributed by atoms with van der Waals surface area (Å²) >= 11 is 1.59. The van der Waals surface area contributed by atoms with Crippen molar-refractivity contribution < 1.29 is 9.84 Å². The second kappa shape index (κ2) is 6.11. The van der Waals surface area contributed by atoms with E-state index in [-0.39, 0.29) is 11.2 Å². The van der Waals surface area contributed by atoms with Gasteiger partial charge in [-0.25, -0.2) is 0 Å². The van der Waals surface area contributed by atoms with Gasteiger partial charge < -0.3 is 9.84 Å². The minimum absolute atomic E-state index is 0.0522. The summed E-state index contributed by atoms with van der Waals surface area (Å²) < 4.78 is 7.89. The molecule has 0 aliphatic rings. The van der Waals surface area contributed by atoms with E-state index in [1.165, 1.54) is 0 Å². The number of phenols is 1. The molecule has 27 heavy (non-hydrogen) atoms. The number of aromatic hydroxyl groups is 1. The second-order valence-corrected chi connectivity index (χ2v) is 7.46. The third kappa shape index (κ3) is 2.80. The highest BCUT2D eigenvalue weighted by atomic mass is 32.1. The Balaban J connectivity index is 1.58. The molecule has 5 aromatic rings.